The molecule has 0 atom stereocenters. The summed E-state index contributed by atoms with van der Waals surface area (Å²) in [6.07, 6.45) is -4.45. The summed E-state index contributed by atoms with van der Waals surface area (Å²) < 4.78 is 37.5. The van der Waals surface area contributed by atoms with Gasteiger partial charge in [0.1, 0.15) is 0 Å². The first-order chi connectivity index (χ1) is 8.48. The van der Waals surface area contributed by atoms with Crippen molar-refractivity contribution in [2.45, 2.75) is 6.18 Å². The van der Waals surface area contributed by atoms with Crippen LogP contribution in [0.1, 0.15) is 21.5 Å². The van der Waals surface area contributed by atoms with Crippen molar-refractivity contribution in [1.29, 1.82) is 0 Å². The minimum atomic E-state index is -4.45. The van der Waals surface area contributed by atoms with Crippen LogP contribution in [0.15, 0.2) is 48.5 Å². The standard InChI is InChI=1S/C14H8F3O/c15-14(16,17)12-8-4-7-11(9-12)13(18)10-5-2-1-3-6-10/h1-2,4-9H. The van der Waals surface area contributed by atoms with Crippen molar-refractivity contribution in [3.05, 3.63) is 71.3 Å². The predicted octanol–water partition coefficient (Wildman–Crippen LogP) is 3.74. The van der Waals surface area contributed by atoms with Crippen LogP contribution in [0.25, 0.3) is 0 Å². The van der Waals surface area contributed by atoms with Gasteiger partial charge in [-0.05, 0) is 24.3 Å². The van der Waals surface area contributed by atoms with Crippen LogP contribution in [-0.2, 0) is 6.18 Å². The lowest BCUT2D eigenvalue weighted by atomic mass is 10.0. The first-order valence-electron chi connectivity index (χ1n) is 5.16. The summed E-state index contributed by atoms with van der Waals surface area (Å²) in [5.74, 6) is -0.446. The molecule has 4 heteroatoms. The Kier molecular flexibility index (Phi) is 3.19. The van der Waals surface area contributed by atoms with Crippen LogP contribution in [0, 0.1) is 6.07 Å². The summed E-state index contributed by atoms with van der Waals surface area (Å²) in [5, 5.41) is 0. The van der Waals surface area contributed by atoms with Crippen molar-refractivity contribution < 1.29 is 18.0 Å². The van der Waals surface area contributed by atoms with Gasteiger partial charge in [-0.25, -0.2) is 0 Å². The van der Waals surface area contributed by atoms with E-state index in [4.69, 9.17) is 0 Å². The number of carbonyl (C=O) groups excluding carboxylic acids is 1. The minimum absolute atomic E-state index is 0.0180. The van der Waals surface area contributed by atoms with Gasteiger partial charge < -0.3 is 0 Å². The Balaban J connectivity index is 2.38. The first kappa shape index (κ1) is 12.4. The smallest absolute Gasteiger partial charge is 0.289 e. The molecule has 2 aromatic rings. The molecule has 0 saturated carbocycles. The van der Waals surface area contributed by atoms with E-state index >= 15 is 0 Å². The minimum Gasteiger partial charge on any atom is -0.289 e. The van der Waals surface area contributed by atoms with Gasteiger partial charge in [0.05, 0.1) is 5.56 Å². The molecule has 18 heavy (non-hydrogen) atoms. The van der Waals surface area contributed by atoms with Gasteiger partial charge in [-0.1, -0.05) is 30.3 Å². The molecule has 0 aromatic heterocycles. The van der Waals surface area contributed by atoms with E-state index in [0.29, 0.717) is 5.56 Å². The second-order valence-electron chi connectivity index (χ2n) is 3.70. The maximum Gasteiger partial charge on any atom is 0.416 e. The van der Waals surface area contributed by atoms with Crippen LogP contribution in [0.4, 0.5) is 13.2 Å². The highest BCUT2D eigenvalue weighted by atomic mass is 19.4. The molecule has 1 radical (unpaired) electrons. The number of benzene rings is 2. The number of rotatable bonds is 2. The molecule has 0 unspecified atom stereocenters. The fourth-order valence-electron chi connectivity index (χ4n) is 1.54. The molecule has 0 saturated heterocycles. The van der Waals surface area contributed by atoms with E-state index in [2.05, 4.69) is 6.07 Å². The molecule has 91 valence electrons. The van der Waals surface area contributed by atoms with E-state index in [0.717, 1.165) is 12.1 Å². The molecular weight excluding hydrogens is 241 g/mol. The highest BCUT2D eigenvalue weighted by Crippen LogP contribution is 2.29. The predicted molar refractivity (Wildman–Crippen MR) is 60.2 cm³/mol. The lowest BCUT2D eigenvalue weighted by Crippen LogP contribution is -2.08. The van der Waals surface area contributed by atoms with E-state index in [9.17, 15) is 18.0 Å². The third-order valence-corrected chi connectivity index (χ3v) is 2.42. The number of ketones is 1. The van der Waals surface area contributed by atoms with Crippen LogP contribution in [0.2, 0.25) is 0 Å². The molecule has 0 aliphatic heterocycles. The molecule has 0 amide bonds. The monoisotopic (exact) mass is 249 g/mol. The van der Waals surface area contributed by atoms with E-state index in [1.807, 2.05) is 0 Å². The van der Waals surface area contributed by atoms with Crippen LogP contribution in [0.3, 0.4) is 0 Å². The topological polar surface area (TPSA) is 17.1 Å². The van der Waals surface area contributed by atoms with Gasteiger partial charge in [-0.3, -0.25) is 4.79 Å². The molecule has 0 bridgehead atoms. The van der Waals surface area contributed by atoms with Crippen molar-refractivity contribution in [3.8, 4) is 0 Å². The third kappa shape index (κ3) is 2.59. The molecule has 2 rings (SSSR count). The van der Waals surface area contributed by atoms with Gasteiger partial charge in [0.15, 0.2) is 5.78 Å². The summed E-state index contributed by atoms with van der Waals surface area (Å²) in [7, 11) is 0. The van der Waals surface area contributed by atoms with Crippen molar-refractivity contribution in [2.75, 3.05) is 0 Å². The maximum absolute atomic E-state index is 12.5. The SMILES string of the molecule is O=C(c1c[c]ccc1)c1cccc(C(F)(F)F)c1. The molecular formula is C14H8F3O. The fourth-order valence-corrected chi connectivity index (χ4v) is 1.54. The van der Waals surface area contributed by atoms with Gasteiger partial charge in [-0.15, -0.1) is 0 Å². The van der Waals surface area contributed by atoms with Crippen LogP contribution >= 0.6 is 0 Å². The van der Waals surface area contributed by atoms with Gasteiger partial charge in [0.25, 0.3) is 0 Å². The number of alkyl halides is 3. The zero-order chi connectivity index (χ0) is 13.2. The zero-order valence-electron chi connectivity index (χ0n) is 9.16. The number of carbonyl (C=O) groups is 1. The average molecular weight is 249 g/mol. The van der Waals surface area contributed by atoms with Crippen LogP contribution < -0.4 is 0 Å². The lowest BCUT2D eigenvalue weighted by molar-refractivity contribution is -0.137. The normalized spacial score (nSPS) is 11.3. The fraction of sp³-hybridized carbons (Fsp3) is 0.0714. The van der Waals surface area contributed by atoms with Crippen LogP contribution in [0.5, 0.6) is 0 Å². The summed E-state index contributed by atoms with van der Waals surface area (Å²) in [5.41, 5.74) is -0.491. The second-order valence-corrected chi connectivity index (χ2v) is 3.70. The molecule has 0 aliphatic carbocycles. The molecule has 2 aromatic carbocycles. The summed E-state index contributed by atoms with van der Waals surface area (Å²) >= 11 is 0. The Hall–Kier alpha value is -2.10. The Morgan fingerprint density at radius 1 is 1.06 bits per heavy atom. The first-order valence-corrected chi connectivity index (χ1v) is 5.16. The number of hydrogen-bond donors (Lipinski definition) is 0. The molecule has 0 N–H and O–H groups in total. The summed E-state index contributed by atoms with van der Waals surface area (Å²) in [4.78, 5) is 11.9. The zero-order valence-corrected chi connectivity index (χ0v) is 9.16. The molecule has 1 nitrogen and oxygen atoms in total. The maximum atomic E-state index is 12.5. The Bertz CT molecular complexity index is 559. The Morgan fingerprint density at radius 3 is 2.39 bits per heavy atom. The van der Waals surface area contributed by atoms with Gasteiger partial charge in [0.2, 0.25) is 0 Å². The number of hydrogen-bond acceptors (Lipinski definition) is 1. The van der Waals surface area contributed by atoms with Gasteiger partial charge >= 0.3 is 6.18 Å². The van der Waals surface area contributed by atoms with E-state index in [1.165, 1.54) is 18.2 Å². The molecule has 0 heterocycles. The molecule has 0 aliphatic rings. The molecule has 0 spiro atoms. The van der Waals surface area contributed by atoms with E-state index in [-0.39, 0.29) is 5.56 Å². The lowest BCUT2D eigenvalue weighted by Gasteiger charge is -2.08. The Morgan fingerprint density at radius 2 is 1.78 bits per heavy atom. The van der Waals surface area contributed by atoms with Crippen LogP contribution in [-0.4, -0.2) is 5.78 Å². The second kappa shape index (κ2) is 4.64. The Labute approximate surface area is 102 Å². The van der Waals surface area contributed by atoms with Crippen molar-refractivity contribution in [1.82, 2.24) is 0 Å². The summed E-state index contributed by atoms with van der Waals surface area (Å²) in [6, 6.07) is 13.3. The average Bonchev–Trinajstić information content (AvgIpc) is 2.38. The van der Waals surface area contributed by atoms with Crippen molar-refractivity contribution in [3.63, 3.8) is 0 Å². The van der Waals surface area contributed by atoms with Gasteiger partial charge in [-0.2, -0.15) is 13.2 Å². The quantitative estimate of drug-likeness (QED) is 0.741. The van der Waals surface area contributed by atoms with Gasteiger partial charge in [0, 0.05) is 11.1 Å². The summed E-state index contributed by atoms with van der Waals surface area (Å²) in [6.45, 7) is 0. The number of halogens is 3. The third-order valence-electron chi connectivity index (χ3n) is 2.42. The molecule has 0 fully saturated rings. The van der Waals surface area contributed by atoms with E-state index < -0.39 is 17.5 Å². The van der Waals surface area contributed by atoms with E-state index in [1.54, 1.807) is 18.2 Å². The van der Waals surface area contributed by atoms with Crippen molar-refractivity contribution in [2.24, 2.45) is 0 Å². The largest absolute Gasteiger partial charge is 0.416 e. The highest BCUT2D eigenvalue weighted by Gasteiger charge is 2.30. The highest BCUT2D eigenvalue weighted by molar-refractivity contribution is 6.09. The van der Waals surface area contributed by atoms with Crippen molar-refractivity contribution >= 4 is 5.78 Å².